The molecule has 0 spiro atoms. The predicted molar refractivity (Wildman–Crippen MR) is 92.5 cm³/mol. The van der Waals surface area contributed by atoms with E-state index >= 15 is 0 Å². The van der Waals surface area contributed by atoms with Gasteiger partial charge in [-0.1, -0.05) is 0 Å². The second-order valence-corrected chi connectivity index (χ2v) is 8.33. The van der Waals surface area contributed by atoms with Crippen LogP contribution in [0.1, 0.15) is 35.7 Å². The van der Waals surface area contributed by atoms with Gasteiger partial charge < -0.3 is 4.74 Å². The van der Waals surface area contributed by atoms with Crippen LogP contribution in [0.3, 0.4) is 0 Å². The molecule has 1 heterocycles. The maximum atomic E-state index is 13.0. The van der Waals surface area contributed by atoms with Crippen LogP contribution in [0.15, 0.2) is 46.0 Å². The zero-order valence-electron chi connectivity index (χ0n) is 13.3. The highest BCUT2D eigenvalue weighted by Gasteiger charge is 2.38. The van der Waals surface area contributed by atoms with Crippen molar-refractivity contribution < 1.29 is 17.9 Å². The lowest BCUT2D eigenvalue weighted by molar-refractivity contribution is 0.0526. The number of nitrogens with zero attached hydrogens (tertiary/aromatic N) is 1. The van der Waals surface area contributed by atoms with Gasteiger partial charge >= 0.3 is 5.97 Å². The fourth-order valence-electron chi connectivity index (χ4n) is 2.45. The molecule has 0 radical (unpaired) electrons. The molecule has 24 heavy (non-hydrogen) atoms. The number of esters is 1. The van der Waals surface area contributed by atoms with Crippen molar-refractivity contribution in [2.45, 2.75) is 37.2 Å². The number of carbonyl (C=O) groups excluding carboxylic acids is 1. The molecular formula is C17H19NO4S2. The Labute approximate surface area is 145 Å². The summed E-state index contributed by atoms with van der Waals surface area (Å²) in [5.74, 6) is -0.446. The molecule has 1 aliphatic carbocycles. The average Bonchev–Trinajstić information content (AvgIpc) is 3.28. The maximum Gasteiger partial charge on any atom is 0.338 e. The first-order chi connectivity index (χ1) is 11.5. The van der Waals surface area contributed by atoms with Crippen molar-refractivity contribution in [1.29, 1.82) is 0 Å². The van der Waals surface area contributed by atoms with Crippen molar-refractivity contribution in [3.05, 3.63) is 52.2 Å². The van der Waals surface area contributed by atoms with Crippen LogP contribution in [0.4, 0.5) is 0 Å². The number of hydrogen-bond donors (Lipinski definition) is 0. The van der Waals surface area contributed by atoms with E-state index in [1.54, 1.807) is 22.6 Å². The summed E-state index contributed by atoms with van der Waals surface area (Å²) in [7, 11) is -3.58. The Kier molecular flexibility index (Phi) is 5.03. The van der Waals surface area contributed by atoms with Gasteiger partial charge in [0.05, 0.1) is 17.1 Å². The van der Waals surface area contributed by atoms with Crippen LogP contribution < -0.4 is 0 Å². The molecule has 0 aliphatic heterocycles. The van der Waals surface area contributed by atoms with Gasteiger partial charge in [0.1, 0.15) is 0 Å². The third kappa shape index (κ3) is 3.68. The first-order valence-corrected chi connectivity index (χ1v) is 10.2. The predicted octanol–water partition coefficient (Wildman–Crippen LogP) is 3.28. The fourth-order valence-corrected chi connectivity index (χ4v) is 4.78. The molecule has 1 aliphatic rings. The van der Waals surface area contributed by atoms with E-state index in [1.807, 2.05) is 16.8 Å². The number of benzene rings is 1. The van der Waals surface area contributed by atoms with E-state index < -0.39 is 16.0 Å². The Morgan fingerprint density at radius 1 is 1.25 bits per heavy atom. The highest BCUT2D eigenvalue weighted by Crippen LogP contribution is 2.33. The molecule has 0 bridgehead atoms. The first-order valence-electron chi connectivity index (χ1n) is 7.82. The SMILES string of the molecule is CCOC(=O)c1ccc(S(=O)(=O)N(Cc2ccsc2)C2CC2)cc1. The minimum Gasteiger partial charge on any atom is -0.462 e. The third-order valence-corrected chi connectivity index (χ3v) is 6.49. The lowest BCUT2D eigenvalue weighted by Crippen LogP contribution is -2.32. The Morgan fingerprint density at radius 2 is 1.96 bits per heavy atom. The standard InChI is InChI=1S/C17H19NO4S2/c1-2-22-17(19)14-3-7-16(8-4-14)24(20,21)18(15-5-6-15)11-13-9-10-23-12-13/h3-4,7-10,12,15H,2,5-6,11H2,1H3. The van der Waals surface area contributed by atoms with Crippen molar-refractivity contribution in [2.75, 3.05) is 6.61 Å². The fraction of sp³-hybridized carbons (Fsp3) is 0.353. The van der Waals surface area contributed by atoms with Crippen molar-refractivity contribution in [3.8, 4) is 0 Å². The zero-order chi connectivity index (χ0) is 17.2. The van der Waals surface area contributed by atoms with Gasteiger partial charge in [-0.05, 0) is 66.4 Å². The molecule has 1 fully saturated rings. The molecule has 1 aromatic carbocycles. The average molecular weight is 365 g/mol. The van der Waals surface area contributed by atoms with Crippen LogP contribution in [-0.4, -0.2) is 31.3 Å². The van der Waals surface area contributed by atoms with E-state index in [9.17, 15) is 13.2 Å². The van der Waals surface area contributed by atoms with Gasteiger partial charge in [-0.25, -0.2) is 13.2 Å². The van der Waals surface area contributed by atoms with Gasteiger partial charge in [0.2, 0.25) is 10.0 Å². The Balaban J connectivity index is 1.83. The molecule has 1 saturated carbocycles. The third-order valence-electron chi connectivity index (χ3n) is 3.84. The second-order valence-electron chi connectivity index (χ2n) is 5.66. The lowest BCUT2D eigenvalue weighted by atomic mass is 10.2. The summed E-state index contributed by atoms with van der Waals surface area (Å²) in [5.41, 5.74) is 1.35. The normalized spacial score (nSPS) is 14.8. The monoisotopic (exact) mass is 365 g/mol. The Hall–Kier alpha value is -1.70. The number of ether oxygens (including phenoxy) is 1. The molecule has 128 valence electrons. The summed E-state index contributed by atoms with van der Waals surface area (Å²) in [5, 5.41) is 3.91. The van der Waals surface area contributed by atoms with E-state index in [1.165, 1.54) is 24.3 Å². The van der Waals surface area contributed by atoms with Gasteiger partial charge in [-0.2, -0.15) is 15.6 Å². The Morgan fingerprint density at radius 3 is 2.50 bits per heavy atom. The highest BCUT2D eigenvalue weighted by molar-refractivity contribution is 7.89. The summed E-state index contributed by atoms with van der Waals surface area (Å²) >= 11 is 1.56. The number of rotatable bonds is 7. The summed E-state index contributed by atoms with van der Waals surface area (Å²) in [6, 6.07) is 7.97. The highest BCUT2D eigenvalue weighted by atomic mass is 32.2. The summed E-state index contributed by atoms with van der Waals surface area (Å²) in [6.45, 7) is 2.40. The zero-order valence-corrected chi connectivity index (χ0v) is 15.0. The van der Waals surface area contributed by atoms with Gasteiger partial charge in [0.25, 0.3) is 0 Å². The van der Waals surface area contributed by atoms with Crippen LogP contribution >= 0.6 is 11.3 Å². The molecular weight excluding hydrogens is 346 g/mol. The molecule has 3 rings (SSSR count). The maximum absolute atomic E-state index is 13.0. The van der Waals surface area contributed by atoms with E-state index in [0.717, 1.165) is 18.4 Å². The molecule has 5 nitrogen and oxygen atoms in total. The van der Waals surface area contributed by atoms with E-state index in [-0.39, 0.29) is 17.5 Å². The summed E-state index contributed by atoms with van der Waals surface area (Å²) in [4.78, 5) is 11.9. The van der Waals surface area contributed by atoms with Gasteiger partial charge in [-0.15, -0.1) is 0 Å². The van der Waals surface area contributed by atoms with Crippen molar-refractivity contribution in [1.82, 2.24) is 4.31 Å². The van der Waals surface area contributed by atoms with Crippen molar-refractivity contribution in [3.63, 3.8) is 0 Å². The second kappa shape index (κ2) is 7.04. The van der Waals surface area contributed by atoms with Gasteiger partial charge in [0, 0.05) is 12.6 Å². The molecule has 0 atom stereocenters. The molecule has 0 N–H and O–H groups in total. The van der Waals surface area contributed by atoms with E-state index in [2.05, 4.69) is 0 Å². The molecule has 0 saturated heterocycles. The van der Waals surface area contributed by atoms with Gasteiger partial charge in [-0.3, -0.25) is 0 Å². The number of carbonyl (C=O) groups is 1. The summed E-state index contributed by atoms with van der Waals surface area (Å²) in [6.07, 6.45) is 1.79. The van der Waals surface area contributed by atoms with Crippen LogP contribution in [0.2, 0.25) is 0 Å². The molecule has 1 aromatic heterocycles. The number of thiophene rings is 1. The van der Waals surface area contributed by atoms with E-state index in [4.69, 9.17) is 4.74 Å². The minimum absolute atomic E-state index is 0.0691. The van der Waals surface area contributed by atoms with Gasteiger partial charge in [0.15, 0.2) is 0 Å². The smallest absolute Gasteiger partial charge is 0.338 e. The molecule has 0 amide bonds. The van der Waals surface area contributed by atoms with Crippen LogP contribution in [0.5, 0.6) is 0 Å². The lowest BCUT2D eigenvalue weighted by Gasteiger charge is -2.21. The minimum atomic E-state index is -3.58. The first kappa shape index (κ1) is 17.1. The molecule has 7 heteroatoms. The van der Waals surface area contributed by atoms with E-state index in [0.29, 0.717) is 12.1 Å². The quantitative estimate of drug-likeness (QED) is 0.707. The topological polar surface area (TPSA) is 63.7 Å². The van der Waals surface area contributed by atoms with Crippen LogP contribution in [0, 0.1) is 0 Å². The number of hydrogen-bond acceptors (Lipinski definition) is 5. The Bertz CT molecular complexity index is 794. The van der Waals surface area contributed by atoms with Crippen LogP contribution in [-0.2, 0) is 21.3 Å². The van der Waals surface area contributed by atoms with Crippen molar-refractivity contribution in [2.24, 2.45) is 0 Å². The largest absolute Gasteiger partial charge is 0.462 e. The molecule has 0 unspecified atom stereocenters. The van der Waals surface area contributed by atoms with Crippen LogP contribution in [0.25, 0.3) is 0 Å². The number of sulfonamides is 1. The molecule has 2 aromatic rings. The van der Waals surface area contributed by atoms with Crippen molar-refractivity contribution >= 4 is 27.3 Å². The summed E-state index contributed by atoms with van der Waals surface area (Å²) < 4.78 is 32.4.